The predicted octanol–water partition coefficient (Wildman–Crippen LogP) is 3.18. The Balaban J connectivity index is 1.20. The number of piperidine rings is 1. The molecule has 0 radical (unpaired) electrons. The molecule has 27 heavy (non-hydrogen) atoms. The second kappa shape index (κ2) is 6.54. The van der Waals surface area contributed by atoms with Gasteiger partial charge in [-0.05, 0) is 73.0 Å². The number of cyclic esters (lactones) is 1. The van der Waals surface area contributed by atoms with Gasteiger partial charge in [0.1, 0.15) is 0 Å². The van der Waals surface area contributed by atoms with E-state index in [1.54, 1.807) is 0 Å². The van der Waals surface area contributed by atoms with Crippen LogP contribution in [0.3, 0.4) is 0 Å². The maximum Gasteiger partial charge on any atom is 0.407 e. The van der Waals surface area contributed by atoms with E-state index in [-0.39, 0.29) is 11.8 Å². The molecule has 2 saturated heterocycles. The second-order valence-electron chi connectivity index (χ2n) is 8.84. The number of aryl methyl sites for hydroxylation is 1. The lowest BCUT2D eigenvalue weighted by Gasteiger charge is -2.27. The van der Waals surface area contributed by atoms with E-state index >= 15 is 0 Å². The number of nitrogens with one attached hydrogen (secondary N) is 1. The molecule has 2 saturated carbocycles. The van der Waals surface area contributed by atoms with Crippen molar-refractivity contribution in [2.45, 2.75) is 44.4 Å². The number of amides is 2. The third-order valence-corrected chi connectivity index (χ3v) is 6.98. The lowest BCUT2D eigenvalue weighted by Crippen LogP contribution is -2.43. The van der Waals surface area contributed by atoms with E-state index in [1.807, 2.05) is 4.90 Å². The molecule has 4 fully saturated rings. The quantitative estimate of drug-likeness (QED) is 0.891. The summed E-state index contributed by atoms with van der Waals surface area (Å²) in [7, 11) is 0. The number of alkyl carbamates (subject to hydrolysis) is 1. The van der Waals surface area contributed by atoms with Crippen LogP contribution in [-0.4, -0.2) is 43.1 Å². The van der Waals surface area contributed by atoms with Crippen LogP contribution in [0.2, 0.25) is 0 Å². The van der Waals surface area contributed by atoms with E-state index < -0.39 is 6.09 Å². The maximum atomic E-state index is 12.9. The topological polar surface area (TPSA) is 58.6 Å². The summed E-state index contributed by atoms with van der Waals surface area (Å²) in [5.74, 6) is 2.78. The van der Waals surface area contributed by atoms with E-state index in [0.717, 1.165) is 31.8 Å². The van der Waals surface area contributed by atoms with Gasteiger partial charge in [-0.2, -0.15) is 0 Å². The molecule has 5 rings (SSSR count). The fourth-order valence-corrected chi connectivity index (χ4v) is 5.23. The first-order valence-electron chi connectivity index (χ1n) is 10.4. The van der Waals surface area contributed by atoms with Crippen molar-refractivity contribution in [2.24, 2.45) is 17.8 Å². The molecule has 144 valence electrons. The Kier molecular flexibility index (Phi) is 4.14. The summed E-state index contributed by atoms with van der Waals surface area (Å²) < 4.78 is 4.99. The highest BCUT2D eigenvalue weighted by Crippen LogP contribution is 2.59. The van der Waals surface area contributed by atoms with Crippen molar-refractivity contribution in [1.82, 2.24) is 10.2 Å². The zero-order chi connectivity index (χ0) is 18.5. The van der Waals surface area contributed by atoms with Gasteiger partial charge in [-0.25, -0.2) is 4.79 Å². The average molecular weight is 368 g/mol. The molecule has 4 aliphatic rings. The first kappa shape index (κ1) is 17.1. The number of hydrogen-bond donors (Lipinski definition) is 1. The summed E-state index contributed by atoms with van der Waals surface area (Å²) in [6, 6.07) is 7.07. The Bertz CT molecular complexity index is 761. The highest BCUT2D eigenvalue weighted by atomic mass is 16.5. The fraction of sp³-hybridized carbons (Fsp3) is 0.636. The monoisotopic (exact) mass is 368 g/mol. The summed E-state index contributed by atoms with van der Waals surface area (Å²) in [5, 5.41) is 2.71. The highest BCUT2D eigenvalue weighted by Gasteiger charge is 2.57. The summed E-state index contributed by atoms with van der Waals surface area (Å²) in [4.78, 5) is 26.4. The average Bonchev–Trinajstić information content (AvgIpc) is 3.55. The van der Waals surface area contributed by atoms with Gasteiger partial charge in [0.25, 0.3) is 0 Å². The van der Waals surface area contributed by atoms with Crippen molar-refractivity contribution in [3.05, 3.63) is 34.9 Å². The molecule has 1 aromatic rings. The minimum absolute atomic E-state index is 0.103. The first-order valence-corrected chi connectivity index (χ1v) is 10.4. The molecule has 0 bridgehead atoms. The molecule has 4 atom stereocenters. The van der Waals surface area contributed by atoms with E-state index in [0.29, 0.717) is 30.9 Å². The number of rotatable bonds is 3. The van der Waals surface area contributed by atoms with Crippen LogP contribution >= 0.6 is 0 Å². The van der Waals surface area contributed by atoms with Gasteiger partial charge >= 0.3 is 6.09 Å². The van der Waals surface area contributed by atoms with Crippen molar-refractivity contribution < 1.29 is 14.3 Å². The van der Waals surface area contributed by atoms with Crippen LogP contribution in [-0.2, 0) is 9.53 Å². The van der Waals surface area contributed by atoms with Gasteiger partial charge in [-0.3, -0.25) is 4.79 Å². The van der Waals surface area contributed by atoms with Gasteiger partial charge in [-0.1, -0.05) is 18.2 Å². The third kappa shape index (κ3) is 3.21. The van der Waals surface area contributed by atoms with Crippen molar-refractivity contribution in [3.63, 3.8) is 0 Å². The highest BCUT2D eigenvalue weighted by molar-refractivity contribution is 5.80. The summed E-state index contributed by atoms with van der Waals surface area (Å²) in [6.45, 7) is 4.79. The summed E-state index contributed by atoms with van der Waals surface area (Å²) >= 11 is 0. The van der Waals surface area contributed by atoms with E-state index in [9.17, 15) is 9.59 Å². The molecule has 0 aromatic heterocycles. The lowest BCUT2D eigenvalue weighted by atomic mass is 9.96. The van der Waals surface area contributed by atoms with Gasteiger partial charge in [-0.15, -0.1) is 0 Å². The van der Waals surface area contributed by atoms with E-state index in [4.69, 9.17) is 4.74 Å². The van der Waals surface area contributed by atoms with Crippen LogP contribution in [0.25, 0.3) is 0 Å². The van der Waals surface area contributed by atoms with Crippen LogP contribution in [0, 0.1) is 24.7 Å². The van der Waals surface area contributed by atoms with Gasteiger partial charge in [0.15, 0.2) is 0 Å². The van der Waals surface area contributed by atoms with Crippen molar-refractivity contribution in [2.75, 3.05) is 26.2 Å². The zero-order valence-electron chi connectivity index (χ0n) is 15.9. The Morgan fingerprint density at radius 1 is 1.19 bits per heavy atom. The molecule has 2 amide bonds. The van der Waals surface area contributed by atoms with Gasteiger partial charge in [0.2, 0.25) is 5.91 Å². The van der Waals surface area contributed by atoms with Gasteiger partial charge in [0.05, 0.1) is 12.5 Å². The number of ether oxygens (including phenoxy) is 1. The molecule has 2 aliphatic carbocycles. The lowest BCUT2D eigenvalue weighted by molar-refractivity contribution is -0.135. The molecule has 1 N–H and O–H groups in total. The van der Waals surface area contributed by atoms with Crippen molar-refractivity contribution in [3.8, 4) is 0 Å². The number of nitrogens with zero attached hydrogens (tertiary/aromatic N) is 1. The smallest absolute Gasteiger partial charge is 0.407 e. The number of likely N-dealkylation sites (tertiary alicyclic amines) is 1. The molecule has 5 nitrogen and oxygen atoms in total. The minimum atomic E-state index is -0.401. The molecule has 5 heteroatoms. The second-order valence-corrected chi connectivity index (χ2v) is 8.84. The summed E-state index contributed by atoms with van der Waals surface area (Å²) in [5.41, 5.74) is 4.44. The SMILES string of the molecule is Cc1cc(C2CC2)ccc1C1[C@H]2CN(C(=O)[C@@H]3CCCOC(=O)NC3)C[C@@H]12. The van der Waals surface area contributed by atoms with E-state index in [2.05, 4.69) is 30.4 Å². The normalized spacial score (nSPS) is 32.8. The molecular formula is C22H28N2O3. The minimum Gasteiger partial charge on any atom is -0.450 e. The van der Waals surface area contributed by atoms with Crippen LogP contribution in [0.1, 0.15) is 54.2 Å². The van der Waals surface area contributed by atoms with Crippen LogP contribution < -0.4 is 5.32 Å². The molecule has 1 aromatic carbocycles. The largest absolute Gasteiger partial charge is 0.450 e. The molecule has 2 aliphatic heterocycles. The van der Waals surface area contributed by atoms with E-state index in [1.165, 1.54) is 29.5 Å². The third-order valence-electron chi connectivity index (χ3n) is 6.98. The zero-order valence-corrected chi connectivity index (χ0v) is 15.9. The molecule has 2 heterocycles. The van der Waals surface area contributed by atoms with Gasteiger partial charge < -0.3 is 15.0 Å². The summed E-state index contributed by atoms with van der Waals surface area (Å²) in [6.07, 6.45) is 3.84. The van der Waals surface area contributed by atoms with Crippen LogP contribution in [0.15, 0.2) is 18.2 Å². The Morgan fingerprint density at radius 2 is 1.96 bits per heavy atom. The van der Waals surface area contributed by atoms with Crippen LogP contribution in [0.5, 0.6) is 0 Å². The molecular weight excluding hydrogens is 340 g/mol. The number of carbonyl (C=O) groups is 2. The Labute approximate surface area is 160 Å². The number of hydrogen-bond acceptors (Lipinski definition) is 3. The molecule has 1 unspecified atom stereocenters. The standard InChI is InChI=1S/C22H28N2O3/c1-13-9-15(14-4-5-14)6-7-17(13)20-18-11-24(12-19(18)20)21(25)16-3-2-8-27-22(26)23-10-16/h6-7,9,14,16,18-20H,2-5,8,10-12H2,1H3,(H,23,26)/t16-,18-,19+,20?/m1/s1. The first-order chi connectivity index (χ1) is 13.1. The maximum absolute atomic E-state index is 12.9. The molecule has 0 spiro atoms. The fourth-order valence-electron chi connectivity index (χ4n) is 5.23. The predicted molar refractivity (Wildman–Crippen MR) is 102 cm³/mol. The number of carbonyl (C=O) groups excluding carboxylic acids is 2. The van der Waals surface area contributed by atoms with Gasteiger partial charge in [0, 0.05) is 19.6 Å². The van der Waals surface area contributed by atoms with Crippen molar-refractivity contribution >= 4 is 12.0 Å². The number of benzene rings is 1. The van der Waals surface area contributed by atoms with Crippen molar-refractivity contribution in [1.29, 1.82) is 0 Å². The number of fused-ring (bicyclic) bond motifs is 1. The Hall–Kier alpha value is -2.04. The van der Waals surface area contributed by atoms with Crippen LogP contribution in [0.4, 0.5) is 4.79 Å². The Morgan fingerprint density at radius 3 is 2.67 bits per heavy atom.